The Hall–Kier alpha value is -2.14. The van der Waals surface area contributed by atoms with Gasteiger partial charge in [0.25, 0.3) is 0 Å². The Morgan fingerprint density at radius 2 is 1.95 bits per heavy atom. The third-order valence-electron chi connectivity index (χ3n) is 4.15. The Labute approximate surface area is 133 Å². The van der Waals surface area contributed by atoms with Gasteiger partial charge < -0.3 is 9.47 Å². The minimum absolute atomic E-state index is 0.193. The molecule has 4 rings (SSSR count). The number of nitrogens with zero attached hydrogens (tertiary/aromatic N) is 3. The molecule has 0 atom stereocenters. The molecule has 22 heavy (non-hydrogen) atoms. The highest BCUT2D eigenvalue weighted by molar-refractivity contribution is 7.13. The lowest BCUT2D eigenvalue weighted by molar-refractivity contribution is -0.130. The number of aromatic nitrogens is 2. The molecule has 3 aromatic rings. The monoisotopic (exact) mass is 311 g/mol. The number of hydrogen-bond donors (Lipinski definition) is 0. The van der Waals surface area contributed by atoms with Crippen LogP contribution in [0.1, 0.15) is 12.8 Å². The predicted molar refractivity (Wildman–Crippen MR) is 88.9 cm³/mol. The maximum absolute atomic E-state index is 12.6. The van der Waals surface area contributed by atoms with Crippen LogP contribution in [0.2, 0.25) is 0 Å². The molecule has 0 aliphatic carbocycles. The molecule has 0 spiro atoms. The molecule has 1 aliphatic rings. The van der Waals surface area contributed by atoms with E-state index in [1.54, 1.807) is 11.3 Å². The summed E-state index contributed by atoms with van der Waals surface area (Å²) in [6.45, 7) is 2.15. The highest BCUT2D eigenvalue weighted by Crippen LogP contribution is 2.28. The summed E-state index contributed by atoms with van der Waals surface area (Å²) >= 11 is 1.66. The number of likely N-dealkylation sites (tertiary alicyclic amines) is 1. The summed E-state index contributed by atoms with van der Waals surface area (Å²) in [6, 6.07) is 12.1. The fraction of sp³-hybridized carbons (Fsp3) is 0.294. The molecule has 1 aliphatic heterocycles. The van der Waals surface area contributed by atoms with Gasteiger partial charge in [0.1, 0.15) is 6.54 Å². The minimum atomic E-state index is 0.193. The number of benzene rings is 1. The van der Waals surface area contributed by atoms with Crippen LogP contribution in [0.15, 0.2) is 41.8 Å². The van der Waals surface area contributed by atoms with Crippen molar-refractivity contribution in [1.82, 2.24) is 14.5 Å². The molecule has 1 saturated heterocycles. The second kappa shape index (κ2) is 5.57. The van der Waals surface area contributed by atoms with Crippen molar-refractivity contribution in [2.45, 2.75) is 19.4 Å². The number of fused-ring (bicyclic) bond motifs is 1. The van der Waals surface area contributed by atoms with Crippen molar-refractivity contribution in [2.75, 3.05) is 13.1 Å². The van der Waals surface area contributed by atoms with Gasteiger partial charge in [-0.05, 0) is 36.4 Å². The molecule has 0 N–H and O–H groups in total. The first-order chi connectivity index (χ1) is 10.8. The van der Waals surface area contributed by atoms with Crippen LogP contribution in [0, 0.1) is 0 Å². The number of rotatable bonds is 3. The Morgan fingerprint density at radius 1 is 1.14 bits per heavy atom. The molecule has 1 amide bonds. The van der Waals surface area contributed by atoms with Crippen LogP contribution in [0.25, 0.3) is 21.7 Å². The van der Waals surface area contributed by atoms with Crippen molar-refractivity contribution >= 4 is 28.3 Å². The van der Waals surface area contributed by atoms with Gasteiger partial charge in [-0.25, -0.2) is 4.98 Å². The minimum Gasteiger partial charge on any atom is -0.341 e. The van der Waals surface area contributed by atoms with E-state index in [2.05, 4.69) is 10.6 Å². The standard InChI is InChI=1S/C17H17N3OS/c21-16(19-9-3-4-10-19)12-20-14-7-2-1-6-13(14)18-17(20)15-8-5-11-22-15/h1-2,5-8,11H,3-4,9-10,12H2. The quantitative estimate of drug-likeness (QED) is 0.743. The van der Waals surface area contributed by atoms with Crippen molar-refractivity contribution in [3.05, 3.63) is 41.8 Å². The lowest BCUT2D eigenvalue weighted by atomic mass is 10.3. The number of imidazole rings is 1. The van der Waals surface area contributed by atoms with E-state index in [1.807, 2.05) is 40.6 Å². The van der Waals surface area contributed by atoms with Gasteiger partial charge in [0, 0.05) is 13.1 Å². The molecular weight excluding hydrogens is 294 g/mol. The Bertz CT molecular complexity index is 801. The third-order valence-corrected chi connectivity index (χ3v) is 5.01. The summed E-state index contributed by atoms with van der Waals surface area (Å²) in [5.74, 6) is 1.09. The fourth-order valence-corrected chi connectivity index (χ4v) is 3.75. The highest BCUT2D eigenvalue weighted by atomic mass is 32.1. The van der Waals surface area contributed by atoms with E-state index in [1.165, 1.54) is 0 Å². The van der Waals surface area contributed by atoms with Crippen LogP contribution in [0.5, 0.6) is 0 Å². The molecule has 0 radical (unpaired) electrons. The maximum Gasteiger partial charge on any atom is 0.242 e. The largest absolute Gasteiger partial charge is 0.341 e. The van der Waals surface area contributed by atoms with Gasteiger partial charge in [0.05, 0.1) is 15.9 Å². The van der Waals surface area contributed by atoms with Crippen molar-refractivity contribution < 1.29 is 4.79 Å². The first-order valence-electron chi connectivity index (χ1n) is 7.60. The molecule has 4 nitrogen and oxygen atoms in total. The van der Waals surface area contributed by atoms with E-state index >= 15 is 0 Å². The average Bonchev–Trinajstić information content (AvgIpc) is 3.28. The molecule has 5 heteroatoms. The van der Waals surface area contributed by atoms with Crippen LogP contribution in [0.3, 0.4) is 0 Å². The smallest absolute Gasteiger partial charge is 0.242 e. The highest BCUT2D eigenvalue weighted by Gasteiger charge is 2.21. The molecular formula is C17H17N3OS. The SMILES string of the molecule is O=C(Cn1c(-c2cccs2)nc2ccccc21)N1CCCC1. The number of carbonyl (C=O) groups excluding carboxylic acids is 1. The maximum atomic E-state index is 12.6. The first kappa shape index (κ1) is 13.5. The van der Waals surface area contributed by atoms with Gasteiger partial charge in [-0.1, -0.05) is 18.2 Å². The van der Waals surface area contributed by atoms with E-state index in [4.69, 9.17) is 4.98 Å². The van der Waals surface area contributed by atoms with Crippen molar-refractivity contribution in [1.29, 1.82) is 0 Å². The number of thiophene rings is 1. The Balaban J connectivity index is 1.77. The van der Waals surface area contributed by atoms with Crippen molar-refractivity contribution in [2.24, 2.45) is 0 Å². The van der Waals surface area contributed by atoms with E-state index in [9.17, 15) is 4.79 Å². The van der Waals surface area contributed by atoms with Crippen LogP contribution in [-0.4, -0.2) is 33.4 Å². The van der Waals surface area contributed by atoms with E-state index < -0.39 is 0 Å². The average molecular weight is 311 g/mol. The van der Waals surface area contributed by atoms with Gasteiger partial charge in [0.2, 0.25) is 5.91 Å². The second-order valence-corrected chi connectivity index (χ2v) is 6.52. The summed E-state index contributed by atoms with van der Waals surface area (Å²) in [5, 5.41) is 2.04. The fourth-order valence-electron chi connectivity index (χ4n) is 3.03. The van der Waals surface area contributed by atoms with Crippen LogP contribution >= 0.6 is 11.3 Å². The number of amides is 1. The Kier molecular flexibility index (Phi) is 3.42. The summed E-state index contributed by atoms with van der Waals surface area (Å²) < 4.78 is 2.06. The van der Waals surface area contributed by atoms with E-state index in [0.717, 1.165) is 47.7 Å². The van der Waals surface area contributed by atoms with Crippen molar-refractivity contribution in [3.8, 4) is 10.7 Å². The van der Waals surface area contributed by atoms with E-state index in [0.29, 0.717) is 6.54 Å². The first-order valence-corrected chi connectivity index (χ1v) is 8.48. The molecule has 0 unspecified atom stereocenters. The molecule has 0 saturated carbocycles. The van der Waals surface area contributed by atoms with Crippen LogP contribution < -0.4 is 0 Å². The third kappa shape index (κ3) is 2.31. The molecule has 112 valence electrons. The summed E-state index contributed by atoms with van der Waals surface area (Å²) in [5.41, 5.74) is 1.97. The summed E-state index contributed by atoms with van der Waals surface area (Å²) in [7, 11) is 0. The Morgan fingerprint density at radius 3 is 2.73 bits per heavy atom. The second-order valence-electron chi connectivity index (χ2n) is 5.58. The van der Waals surface area contributed by atoms with Gasteiger partial charge in [0.15, 0.2) is 5.82 Å². The number of para-hydroxylation sites is 2. The molecule has 2 aromatic heterocycles. The zero-order valence-corrected chi connectivity index (χ0v) is 13.1. The number of carbonyl (C=O) groups is 1. The zero-order chi connectivity index (χ0) is 14.9. The van der Waals surface area contributed by atoms with Crippen molar-refractivity contribution in [3.63, 3.8) is 0 Å². The van der Waals surface area contributed by atoms with Gasteiger partial charge >= 0.3 is 0 Å². The van der Waals surface area contributed by atoms with Gasteiger partial charge in [-0.2, -0.15) is 0 Å². The topological polar surface area (TPSA) is 38.1 Å². The van der Waals surface area contributed by atoms with Crippen LogP contribution in [0.4, 0.5) is 0 Å². The molecule has 3 heterocycles. The van der Waals surface area contributed by atoms with Gasteiger partial charge in [-0.15, -0.1) is 11.3 Å². The molecule has 1 fully saturated rings. The summed E-state index contributed by atoms with van der Waals surface area (Å²) in [6.07, 6.45) is 2.24. The lowest BCUT2D eigenvalue weighted by Gasteiger charge is -2.16. The molecule has 0 bridgehead atoms. The summed E-state index contributed by atoms with van der Waals surface area (Å²) in [4.78, 5) is 20.4. The predicted octanol–water partition coefficient (Wildman–Crippen LogP) is 3.39. The lowest BCUT2D eigenvalue weighted by Crippen LogP contribution is -2.31. The van der Waals surface area contributed by atoms with Gasteiger partial charge in [-0.3, -0.25) is 4.79 Å². The molecule has 1 aromatic carbocycles. The van der Waals surface area contributed by atoms with Crippen LogP contribution in [-0.2, 0) is 11.3 Å². The zero-order valence-electron chi connectivity index (χ0n) is 12.2. The van der Waals surface area contributed by atoms with E-state index in [-0.39, 0.29) is 5.91 Å². The number of hydrogen-bond acceptors (Lipinski definition) is 3. The normalized spacial score (nSPS) is 14.8.